The molecule has 0 fully saturated rings. The van der Waals surface area contributed by atoms with Gasteiger partial charge in [0.1, 0.15) is 18.2 Å². The van der Waals surface area contributed by atoms with Crippen LogP contribution in [0.5, 0.6) is 0 Å². The van der Waals surface area contributed by atoms with Gasteiger partial charge in [-0.3, -0.25) is 19.7 Å². The lowest BCUT2D eigenvalue weighted by molar-refractivity contribution is -0.385. The fourth-order valence-electron chi connectivity index (χ4n) is 3.85. The van der Waals surface area contributed by atoms with Crippen LogP contribution >= 0.6 is 0 Å². The van der Waals surface area contributed by atoms with Gasteiger partial charge in [0, 0.05) is 31.2 Å². The van der Waals surface area contributed by atoms with Crippen molar-refractivity contribution in [2.24, 2.45) is 5.10 Å². The third kappa shape index (κ3) is 5.21. The van der Waals surface area contributed by atoms with Crippen LogP contribution in [0.3, 0.4) is 0 Å². The van der Waals surface area contributed by atoms with Gasteiger partial charge in [-0.25, -0.2) is 13.8 Å². The molecule has 10 heteroatoms. The van der Waals surface area contributed by atoms with Gasteiger partial charge in [-0.2, -0.15) is 5.10 Å². The van der Waals surface area contributed by atoms with Crippen molar-refractivity contribution in [3.05, 3.63) is 111 Å². The van der Waals surface area contributed by atoms with Crippen molar-refractivity contribution in [1.82, 2.24) is 9.91 Å². The number of nitro groups is 1. The van der Waals surface area contributed by atoms with Crippen LogP contribution in [0, 0.1) is 21.7 Å². The third-order valence-corrected chi connectivity index (χ3v) is 5.60. The van der Waals surface area contributed by atoms with Crippen LogP contribution in [0.4, 0.5) is 14.5 Å². The Morgan fingerprint density at radius 1 is 1.06 bits per heavy atom. The van der Waals surface area contributed by atoms with Crippen molar-refractivity contribution in [3.8, 4) is 0 Å². The molecule has 1 aliphatic rings. The lowest BCUT2D eigenvalue weighted by atomic mass is 9.98. The van der Waals surface area contributed by atoms with Crippen molar-refractivity contribution in [3.63, 3.8) is 0 Å². The monoisotopic (exact) mass is 478 g/mol. The summed E-state index contributed by atoms with van der Waals surface area (Å²) in [5.74, 6) is -2.08. The average Bonchev–Trinajstić information content (AvgIpc) is 3.30. The van der Waals surface area contributed by atoms with E-state index in [-0.39, 0.29) is 24.2 Å². The van der Waals surface area contributed by atoms with Gasteiger partial charge >= 0.3 is 0 Å². The maximum absolute atomic E-state index is 13.5. The second kappa shape index (κ2) is 9.80. The number of rotatable bonds is 6. The van der Waals surface area contributed by atoms with Crippen LogP contribution in [0.15, 0.2) is 77.9 Å². The predicted molar refractivity (Wildman–Crippen MR) is 124 cm³/mol. The number of benzene rings is 3. The molecular formula is C25H20F2N4O4. The Hall–Kier alpha value is -4.47. The lowest BCUT2D eigenvalue weighted by Crippen LogP contribution is -2.39. The SMILES string of the molecule is CN(CC(=O)N1N=C(c2ccc(F)cc2)C[C@@H]1c1cccc([N+](=O)[O-])c1)C(=O)c1cccc(F)c1. The first kappa shape index (κ1) is 23.7. The molecule has 0 bridgehead atoms. The number of carbonyl (C=O) groups excluding carboxylic acids is 2. The Bertz CT molecular complexity index is 1330. The molecule has 8 nitrogen and oxygen atoms in total. The standard InChI is InChI=1S/C25H20F2N4O4/c1-29(25(33)18-5-2-6-20(27)12-18)15-24(32)30-23(17-4-3-7-21(13-17)31(34)35)14-22(28-30)16-8-10-19(26)11-9-16/h2-13,23H,14-15H2,1H3/t23-/m1/s1. The number of amides is 2. The number of non-ortho nitro benzene ring substituents is 1. The molecule has 1 heterocycles. The van der Waals surface area contributed by atoms with E-state index in [1.807, 2.05) is 0 Å². The highest BCUT2D eigenvalue weighted by Gasteiger charge is 2.34. The molecule has 35 heavy (non-hydrogen) atoms. The Morgan fingerprint density at radius 2 is 1.77 bits per heavy atom. The van der Waals surface area contributed by atoms with Crippen LogP contribution in [-0.4, -0.2) is 46.0 Å². The first-order valence-electron chi connectivity index (χ1n) is 10.6. The molecule has 1 aliphatic heterocycles. The quantitative estimate of drug-likeness (QED) is 0.389. The number of carbonyl (C=O) groups is 2. The molecule has 0 N–H and O–H groups in total. The summed E-state index contributed by atoms with van der Waals surface area (Å²) in [4.78, 5) is 37.8. The topological polar surface area (TPSA) is 96.1 Å². The van der Waals surface area contributed by atoms with Gasteiger partial charge in [0.15, 0.2) is 0 Å². The van der Waals surface area contributed by atoms with Crippen LogP contribution in [0.2, 0.25) is 0 Å². The molecule has 0 radical (unpaired) electrons. The van der Waals surface area contributed by atoms with Crippen molar-refractivity contribution >= 4 is 23.2 Å². The Morgan fingerprint density at radius 3 is 2.46 bits per heavy atom. The fourth-order valence-corrected chi connectivity index (χ4v) is 3.85. The van der Waals surface area contributed by atoms with E-state index in [0.717, 1.165) is 11.0 Å². The summed E-state index contributed by atoms with van der Waals surface area (Å²) in [6.45, 7) is -0.360. The Kier molecular flexibility index (Phi) is 6.63. The molecule has 178 valence electrons. The lowest BCUT2D eigenvalue weighted by Gasteiger charge is -2.25. The number of likely N-dealkylation sites (N-methyl/N-ethyl adjacent to an activating group) is 1. The molecule has 1 atom stereocenters. The molecule has 4 rings (SSSR count). The van der Waals surface area contributed by atoms with Gasteiger partial charge in [-0.05, 0) is 41.5 Å². The number of nitrogens with zero attached hydrogens (tertiary/aromatic N) is 4. The van der Waals surface area contributed by atoms with Crippen LogP contribution < -0.4 is 0 Å². The highest BCUT2D eigenvalue weighted by molar-refractivity contribution is 6.03. The zero-order valence-electron chi connectivity index (χ0n) is 18.6. The first-order chi connectivity index (χ1) is 16.7. The molecule has 0 saturated carbocycles. The first-order valence-corrected chi connectivity index (χ1v) is 10.6. The van der Waals surface area contributed by atoms with Crippen molar-refractivity contribution in [2.75, 3.05) is 13.6 Å². The summed E-state index contributed by atoms with van der Waals surface area (Å²) in [7, 11) is 1.41. The van der Waals surface area contributed by atoms with E-state index in [0.29, 0.717) is 16.8 Å². The smallest absolute Gasteiger partial charge is 0.269 e. The largest absolute Gasteiger partial charge is 0.332 e. The fraction of sp³-hybridized carbons (Fsp3) is 0.160. The maximum Gasteiger partial charge on any atom is 0.269 e. The van der Waals surface area contributed by atoms with Crippen LogP contribution in [0.25, 0.3) is 0 Å². The molecule has 0 unspecified atom stereocenters. The van der Waals surface area contributed by atoms with E-state index >= 15 is 0 Å². The van der Waals surface area contributed by atoms with Crippen molar-refractivity contribution in [2.45, 2.75) is 12.5 Å². The maximum atomic E-state index is 13.5. The van der Waals surface area contributed by atoms with Gasteiger partial charge < -0.3 is 4.90 Å². The van der Waals surface area contributed by atoms with Crippen LogP contribution in [0.1, 0.15) is 33.9 Å². The minimum Gasteiger partial charge on any atom is -0.332 e. The summed E-state index contributed by atoms with van der Waals surface area (Å²) in [6, 6.07) is 16.0. The van der Waals surface area contributed by atoms with Crippen molar-refractivity contribution in [1.29, 1.82) is 0 Å². The zero-order chi connectivity index (χ0) is 25.1. The number of halogens is 2. The summed E-state index contributed by atoms with van der Waals surface area (Å²) < 4.78 is 26.9. The summed E-state index contributed by atoms with van der Waals surface area (Å²) in [6.07, 6.45) is 0.236. The van der Waals surface area contributed by atoms with E-state index in [2.05, 4.69) is 5.10 Å². The molecule has 0 spiro atoms. The Balaban J connectivity index is 1.62. The second-order valence-corrected chi connectivity index (χ2v) is 8.04. The molecule has 3 aromatic carbocycles. The second-order valence-electron chi connectivity index (χ2n) is 8.04. The summed E-state index contributed by atoms with van der Waals surface area (Å²) in [5.41, 5.74) is 1.54. The highest BCUT2D eigenvalue weighted by Crippen LogP contribution is 2.34. The summed E-state index contributed by atoms with van der Waals surface area (Å²) >= 11 is 0. The molecule has 2 amide bonds. The third-order valence-electron chi connectivity index (χ3n) is 5.60. The molecular weight excluding hydrogens is 458 g/mol. The predicted octanol–water partition coefficient (Wildman–Crippen LogP) is 4.32. The number of hydrogen-bond donors (Lipinski definition) is 0. The highest BCUT2D eigenvalue weighted by atomic mass is 19.1. The number of hydrogen-bond acceptors (Lipinski definition) is 5. The van der Waals surface area contributed by atoms with E-state index in [4.69, 9.17) is 0 Å². The van der Waals surface area contributed by atoms with Gasteiger partial charge in [0.25, 0.3) is 17.5 Å². The van der Waals surface area contributed by atoms with E-state index in [1.165, 1.54) is 72.7 Å². The average molecular weight is 478 g/mol. The molecule has 3 aromatic rings. The van der Waals surface area contributed by atoms with Crippen molar-refractivity contribution < 1.29 is 23.3 Å². The number of hydrazone groups is 1. The minimum atomic E-state index is -0.667. The molecule has 0 aliphatic carbocycles. The van der Waals surface area contributed by atoms with Gasteiger partial charge in [0.2, 0.25) is 0 Å². The van der Waals surface area contributed by atoms with Gasteiger partial charge in [-0.15, -0.1) is 0 Å². The zero-order valence-corrected chi connectivity index (χ0v) is 18.6. The van der Waals surface area contributed by atoms with E-state index in [9.17, 15) is 28.5 Å². The van der Waals surface area contributed by atoms with Gasteiger partial charge in [0.05, 0.1) is 16.7 Å². The van der Waals surface area contributed by atoms with E-state index < -0.39 is 34.4 Å². The molecule has 0 saturated heterocycles. The Labute approximate surface area is 199 Å². The number of nitro benzene ring substituents is 1. The normalized spacial score (nSPS) is 15.0. The minimum absolute atomic E-state index is 0.0902. The summed E-state index contributed by atoms with van der Waals surface area (Å²) in [5, 5.41) is 16.9. The van der Waals surface area contributed by atoms with Gasteiger partial charge in [-0.1, -0.05) is 30.3 Å². The van der Waals surface area contributed by atoms with E-state index in [1.54, 1.807) is 6.07 Å². The van der Waals surface area contributed by atoms with Crippen LogP contribution in [-0.2, 0) is 4.79 Å². The molecule has 0 aromatic heterocycles.